The Morgan fingerprint density at radius 3 is 2.41 bits per heavy atom. The Morgan fingerprint density at radius 1 is 1.00 bits per heavy atom. The lowest BCUT2D eigenvalue weighted by atomic mass is 9.99. The lowest BCUT2D eigenvalue weighted by Crippen LogP contribution is -2.15. The standard InChI is InChI=1S/C28H22ClN3OS/c1-18-8-13-25(19(2)14-18)31-27(33)17-34-28-24(16-30)23(20-6-4-3-5-7-20)15-26(32-28)21-9-11-22(29)12-10-21/h3-15H,17H2,1-2H3,(H,31,33). The van der Waals surface area contributed by atoms with Gasteiger partial charge in [-0.1, -0.05) is 83.5 Å². The summed E-state index contributed by atoms with van der Waals surface area (Å²) >= 11 is 7.32. The van der Waals surface area contributed by atoms with Crippen LogP contribution in [0.25, 0.3) is 22.4 Å². The van der Waals surface area contributed by atoms with Crippen molar-refractivity contribution in [2.45, 2.75) is 18.9 Å². The second-order valence-electron chi connectivity index (χ2n) is 7.88. The fourth-order valence-corrected chi connectivity index (χ4v) is 4.55. The number of aryl methyl sites for hydroxylation is 2. The first-order valence-corrected chi connectivity index (χ1v) is 12.1. The number of carbonyl (C=O) groups excluding carboxylic acids is 1. The third kappa shape index (κ3) is 5.48. The number of aromatic nitrogens is 1. The fourth-order valence-electron chi connectivity index (χ4n) is 3.62. The number of nitrogens with one attached hydrogen (secondary N) is 1. The van der Waals surface area contributed by atoms with E-state index in [9.17, 15) is 10.1 Å². The molecule has 1 heterocycles. The van der Waals surface area contributed by atoms with Crippen LogP contribution in [0, 0.1) is 25.2 Å². The molecule has 0 bridgehead atoms. The minimum atomic E-state index is -0.152. The number of benzene rings is 3. The quantitative estimate of drug-likeness (QED) is 0.292. The first-order valence-electron chi connectivity index (χ1n) is 10.7. The van der Waals surface area contributed by atoms with E-state index in [1.54, 1.807) is 0 Å². The smallest absolute Gasteiger partial charge is 0.234 e. The van der Waals surface area contributed by atoms with Crippen LogP contribution in [0.3, 0.4) is 0 Å². The van der Waals surface area contributed by atoms with E-state index in [1.165, 1.54) is 11.8 Å². The van der Waals surface area contributed by atoms with Gasteiger partial charge in [0.2, 0.25) is 5.91 Å². The highest BCUT2D eigenvalue weighted by Crippen LogP contribution is 2.34. The van der Waals surface area contributed by atoms with Gasteiger partial charge in [-0.25, -0.2) is 4.98 Å². The van der Waals surface area contributed by atoms with E-state index in [-0.39, 0.29) is 11.7 Å². The minimum absolute atomic E-state index is 0.132. The molecule has 0 saturated heterocycles. The topological polar surface area (TPSA) is 65.8 Å². The summed E-state index contributed by atoms with van der Waals surface area (Å²) in [6.45, 7) is 3.98. The van der Waals surface area contributed by atoms with Crippen LogP contribution in [0.15, 0.2) is 83.9 Å². The molecule has 0 spiro atoms. The summed E-state index contributed by atoms with van der Waals surface area (Å²) in [7, 11) is 0. The van der Waals surface area contributed by atoms with Crippen molar-refractivity contribution >= 4 is 35.0 Å². The van der Waals surface area contributed by atoms with Crippen molar-refractivity contribution in [1.29, 1.82) is 5.26 Å². The number of nitrogens with zero attached hydrogens (tertiary/aromatic N) is 2. The maximum Gasteiger partial charge on any atom is 0.234 e. The third-order valence-electron chi connectivity index (χ3n) is 5.32. The van der Waals surface area contributed by atoms with E-state index in [0.717, 1.165) is 33.5 Å². The maximum absolute atomic E-state index is 12.7. The van der Waals surface area contributed by atoms with Gasteiger partial charge in [0.15, 0.2) is 0 Å². The average molecular weight is 484 g/mol. The van der Waals surface area contributed by atoms with Crippen molar-refractivity contribution in [3.63, 3.8) is 0 Å². The van der Waals surface area contributed by atoms with Gasteiger partial charge < -0.3 is 5.32 Å². The molecule has 168 valence electrons. The maximum atomic E-state index is 12.7. The number of thioether (sulfide) groups is 1. The van der Waals surface area contributed by atoms with E-state index in [1.807, 2.05) is 92.7 Å². The first kappa shape index (κ1) is 23.6. The molecule has 0 radical (unpaired) electrons. The van der Waals surface area contributed by atoms with Gasteiger partial charge in [0, 0.05) is 21.8 Å². The van der Waals surface area contributed by atoms with Crippen LogP contribution in [0.1, 0.15) is 16.7 Å². The van der Waals surface area contributed by atoms with Crippen molar-refractivity contribution in [3.8, 4) is 28.5 Å². The fraction of sp³-hybridized carbons (Fsp3) is 0.107. The lowest BCUT2D eigenvalue weighted by Gasteiger charge is -2.13. The van der Waals surface area contributed by atoms with Crippen molar-refractivity contribution in [1.82, 2.24) is 4.98 Å². The Labute approximate surface area is 208 Å². The highest BCUT2D eigenvalue weighted by molar-refractivity contribution is 8.00. The molecule has 0 atom stereocenters. The highest BCUT2D eigenvalue weighted by atomic mass is 35.5. The predicted octanol–water partition coefficient (Wildman–Crippen LogP) is 7.29. The summed E-state index contributed by atoms with van der Waals surface area (Å²) in [5, 5.41) is 14.1. The number of anilines is 1. The second kappa shape index (κ2) is 10.6. The first-order chi connectivity index (χ1) is 16.4. The van der Waals surface area contributed by atoms with Gasteiger partial charge in [0.25, 0.3) is 0 Å². The van der Waals surface area contributed by atoms with Crippen molar-refractivity contribution in [2.24, 2.45) is 0 Å². The van der Waals surface area contributed by atoms with E-state index < -0.39 is 0 Å². The molecule has 0 saturated carbocycles. The normalized spacial score (nSPS) is 10.5. The van der Waals surface area contributed by atoms with Gasteiger partial charge in [-0.3, -0.25) is 4.79 Å². The van der Waals surface area contributed by atoms with Crippen LogP contribution in [0.2, 0.25) is 5.02 Å². The lowest BCUT2D eigenvalue weighted by molar-refractivity contribution is -0.113. The molecule has 4 aromatic rings. The van der Waals surface area contributed by atoms with Crippen LogP contribution in [-0.2, 0) is 4.79 Å². The summed E-state index contributed by atoms with van der Waals surface area (Å²) in [6, 6.07) is 27.2. The molecule has 1 aromatic heterocycles. The van der Waals surface area contributed by atoms with Crippen molar-refractivity contribution in [3.05, 3.63) is 101 Å². The van der Waals surface area contributed by atoms with E-state index >= 15 is 0 Å². The van der Waals surface area contributed by atoms with Crippen LogP contribution in [0.5, 0.6) is 0 Å². The number of hydrogen-bond acceptors (Lipinski definition) is 4. The molecule has 6 heteroatoms. The highest BCUT2D eigenvalue weighted by Gasteiger charge is 2.17. The Hall–Kier alpha value is -3.59. The summed E-state index contributed by atoms with van der Waals surface area (Å²) in [6.07, 6.45) is 0. The van der Waals surface area contributed by atoms with Gasteiger partial charge in [-0.15, -0.1) is 0 Å². The van der Waals surface area contributed by atoms with Crippen LogP contribution < -0.4 is 5.32 Å². The number of rotatable bonds is 6. The Bertz CT molecular complexity index is 1380. The molecule has 1 N–H and O–H groups in total. The zero-order valence-electron chi connectivity index (χ0n) is 18.8. The molecule has 0 fully saturated rings. The number of hydrogen-bond donors (Lipinski definition) is 1. The molecule has 1 amide bonds. The molecule has 0 aliphatic rings. The largest absolute Gasteiger partial charge is 0.325 e. The summed E-state index contributed by atoms with van der Waals surface area (Å²) in [5.74, 6) is -0.0198. The molecule has 0 aliphatic heterocycles. The summed E-state index contributed by atoms with van der Waals surface area (Å²) in [4.78, 5) is 17.5. The van der Waals surface area contributed by atoms with Crippen LogP contribution >= 0.6 is 23.4 Å². The average Bonchev–Trinajstić information content (AvgIpc) is 2.85. The van der Waals surface area contributed by atoms with Crippen LogP contribution in [0.4, 0.5) is 5.69 Å². The molecule has 4 rings (SSSR count). The van der Waals surface area contributed by atoms with Crippen molar-refractivity contribution < 1.29 is 4.79 Å². The van der Waals surface area contributed by atoms with E-state index in [0.29, 0.717) is 21.3 Å². The Morgan fingerprint density at radius 2 is 1.74 bits per heavy atom. The number of amides is 1. The number of carbonyl (C=O) groups is 1. The summed E-state index contributed by atoms with van der Waals surface area (Å²) in [5.41, 5.74) is 6.67. The van der Waals surface area contributed by atoms with E-state index in [4.69, 9.17) is 16.6 Å². The third-order valence-corrected chi connectivity index (χ3v) is 6.55. The SMILES string of the molecule is Cc1ccc(NC(=O)CSc2nc(-c3ccc(Cl)cc3)cc(-c3ccccc3)c2C#N)c(C)c1. The molecule has 3 aromatic carbocycles. The number of halogens is 1. The van der Waals surface area contributed by atoms with Gasteiger partial charge in [-0.2, -0.15) is 5.26 Å². The summed E-state index contributed by atoms with van der Waals surface area (Å²) < 4.78 is 0. The molecule has 0 aliphatic carbocycles. The Kier molecular flexibility index (Phi) is 7.32. The number of nitriles is 1. The van der Waals surface area contributed by atoms with Crippen LogP contribution in [-0.4, -0.2) is 16.6 Å². The van der Waals surface area contributed by atoms with E-state index in [2.05, 4.69) is 11.4 Å². The zero-order valence-corrected chi connectivity index (χ0v) is 20.4. The van der Waals surface area contributed by atoms with Crippen molar-refractivity contribution in [2.75, 3.05) is 11.1 Å². The molecular weight excluding hydrogens is 462 g/mol. The minimum Gasteiger partial charge on any atom is -0.325 e. The Balaban J connectivity index is 1.67. The molecular formula is C28H22ClN3OS. The predicted molar refractivity (Wildman–Crippen MR) is 140 cm³/mol. The van der Waals surface area contributed by atoms with Gasteiger partial charge in [0.05, 0.1) is 17.0 Å². The molecule has 0 unspecified atom stereocenters. The zero-order chi connectivity index (χ0) is 24.1. The monoisotopic (exact) mass is 483 g/mol. The van der Waals surface area contributed by atoms with Gasteiger partial charge in [-0.05, 0) is 49.2 Å². The number of pyridine rings is 1. The van der Waals surface area contributed by atoms with Gasteiger partial charge in [0.1, 0.15) is 11.1 Å². The molecule has 34 heavy (non-hydrogen) atoms. The van der Waals surface area contributed by atoms with Gasteiger partial charge >= 0.3 is 0 Å². The molecule has 4 nitrogen and oxygen atoms in total. The second-order valence-corrected chi connectivity index (χ2v) is 9.28.